The van der Waals surface area contributed by atoms with Gasteiger partial charge >= 0.3 is 0 Å². The summed E-state index contributed by atoms with van der Waals surface area (Å²) in [7, 11) is 0. The number of carbonyl (C=O) groups excluding carboxylic acids is 1. The van der Waals surface area contributed by atoms with Crippen molar-refractivity contribution in [3.05, 3.63) is 53.5 Å². The summed E-state index contributed by atoms with van der Waals surface area (Å²) in [5.41, 5.74) is 1.76. The van der Waals surface area contributed by atoms with Crippen LogP contribution >= 0.6 is 0 Å². The fraction of sp³-hybridized carbons (Fsp3) is 0.450. The number of likely N-dealkylation sites (tertiary alicyclic amines) is 1. The van der Waals surface area contributed by atoms with Crippen LogP contribution in [0.4, 0.5) is 5.69 Å². The van der Waals surface area contributed by atoms with Gasteiger partial charge in [-0.25, -0.2) is 0 Å². The number of carbonyl (C=O) groups is 1. The highest BCUT2D eigenvalue weighted by Gasteiger charge is 2.23. The molecule has 1 aromatic heterocycles. The van der Waals surface area contributed by atoms with E-state index in [0.29, 0.717) is 12.6 Å². The number of anilines is 1. The molecule has 0 bridgehead atoms. The lowest BCUT2D eigenvalue weighted by atomic mass is 10.0. The third-order valence-electron chi connectivity index (χ3n) is 4.73. The Labute approximate surface area is 143 Å². The Morgan fingerprint density at radius 1 is 1.17 bits per heavy atom. The Balaban J connectivity index is 1.59. The van der Waals surface area contributed by atoms with Gasteiger partial charge in [-0.05, 0) is 62.6 Å². The smallest absolute Gasteiger partial charge is 0.254 e. The minimum atomic E-state index is 0.146. The van der Waals surface area contributed by atoms with Crippen molar-refractivity contribution >= 4 is 11.6 Å². The second-order valence-corrected chi connectivity index (χ2v) is 6.50. The van der Waals surface area contributed by atoms with Crippen molar-refractivity contribution in [1.82, 2.24) is 4.90 Å². The highest BCUT2D eigenvalue weighted by Crippen LogP contribution is 2.20. The maximum atomic E-state index is 12.6. The number of furan rings is 1. The number of amides is 1. The van der Waals surface area contributed by atoms with Gasteiger partial charge in [0.1, 0.15) is 11.5 Å². The van der Waals surface area contributed by atoms with Crippen LogP contribution in [0.15, 0.2) is 40.8 Å². The fourth-order valence-corrected chi connectivity index (χ4v) is 3.19. The van der Waals surface area contributed by atoms with E-state index in [1.165, 1.54) is 6.42 Å². The lowest BCUT2D eigenvalue weighted by Gasteiger charge is -2.33. The molecule has 0 spiro atoms. The summed E-state index contributed by atoms with van der Waals surface area (Å²) in [4.78, 5) is 14.6. The molecule has 1 saturated heterocycles. The normalized spacial score (nSPS) is 17.8. The van der Waals surface area contributed by atoms with Crippen molar-refractivity contribution < 1.29 is 9.21 Å². The molecular formula is C20H26N2O2. The van der Waals surface area contributed by atoms with Gasteiger partial charge in [0.05, 0.1) is 6.54 Å². The highest BCUT2D eigenvalue weighted by molar-refractivity contribution is 5.94. The largest absolute Gasteiger partial charge is 0.464 e. The van der Waals surface area contributed by atoms with Crippen LogP contribution < -0.4 is 5.32 Å². The summed E-state index contributed by atoms with van der Waals surface area (Å²) >= 11 is 0. The minimum Gasteiger partial charge on any atom is -0.464 e. The molecule has 3 rings (SSSR count). The van der Waals surface area contributed by atoms with Crippen LogP contribution in [0.5, 0.6) is 0 Å². The van der Waals surface area contributed by atoms with Gasteiger partial charge in [-0.15, -0.1) is 0 Å². The van der Waals surface area contributed by atoms with Crippen LogP contribution in [0, 0.1) is 0 Å². The number of piperidine rings is 1. The van der Waals surface area contributed by atoms with Gasteiger partial charge in [0, 0.05) is 30.3 Å². The molecule has 4 nitrogen and oxygen atoms in total. The van der Waals surface area contributed by atoms with Crippen LogP contribution in [-0.2, 0) is 13.0 Å². The van der Waals surface area contributed by atoms with Crippen molar-refractivity contribution in [2.45, 2.75) is 52.1 Å². The van der Waals surface area contributed by atoms with E-state index in [2.05, 4.69) is 19.2 Å². The van der Waals surface area contributed by atoms with E-state index in [-0.39, 0.29) is 5.91 Å². The molecule has 1 aliphatic heterocycles. The predicted molar refractivity (Wildman–Crippen MR) is 96.2 cm³/mol. The number of hydrogen-bond acceptors (Lipinski definition) is 3. The molecular weight excluding hydrogens is 300 g/mol. The third kappa shape index (κ3) is 3.81. The Morgan fingerprint density at radius 3 is 2.58 bits per heavy atom. The molecule has 128 valence electrons. The maximum Gasteiger partial charge on any atom is 0.254 e. The van der Waals surface area contributed by atoms with Crippen LogP contribution in [0.25, 0.3) is 0 Å². The molecule has 0 unspecified atom stereocenters. The Bertz CT molecular complexity index is 675. The minimum absolute atomic E-state index is 0.146. The summed E-state index contributed by atoms with van der Waals surface area (Å²) in [5.74, 6) is 2.07. The fourth-order valence-electron chi connectivity index (χ4n) is 3.19. The van der Waals surface area contributed by atoms with Crippen molar-refractivity contribution in [1.29, 1.82) is 0 Å². The molecule has 1 atom stereocenters. The molecule has 1 aromatic carbocycles. The zero-order chi connectivity index (χ0) is 16.9. The first-order valence-corrected chi connectivity index (χ1v) is 8.90. The highest BCUT2D eigenvalue weighted by atomic mass is 16.3. The molecule has 2 aromatic rings. The summed E-state index contributed by atoms with van der Waals surface area (Å²) in [6.45, 7) is 5.74. The molecule has 1 aliphatic rings. The average molecular weight is 326 g/mol. The van der Waals surface area contributed by atoms with Gasteiger partial charge in [-0.3, -0.25) is 4.79 Å². The zero-order valence-corrected chi connectivity index (χ0v) is 14.5. The number of aryl methyl sites for hydroxylation is 1. The summed E-state index contributed by atoms with van der Waals surface area (Å²) < 4.78 is 5.68. The van der Waals surface area contributed by atoms with E-state index >= 15 is 0 Å². The molecule has 1 amide bonds. The van der Waals surface area contributed by atoms with Crippen molar-refractivity contribution in [2.24, 2.45) is 0 Å². The van der Waals surface area contributed by atoms with Gasteiger partial charge in [0.25, 0.3) is 5.91 Å². The van der Waals surface area contributed by atoms with E-state index < -0.39 is 0 Å². The molecule has 1 N–H and O–H groups in total. The van der Waals surface area contributed by atoms with Gasteiger partial charge in [0.2, 0.25) is 0 Å². The van der Waals surface area contributed by atoms with E-state index in [1.807, 2.05) is 41.3 Å². The maximum absolute atomic E-state index is 12.6. The van der Waals surface area contributed by atoms with E-state index in [0.717, 1.165) is 48.6 Å². The molecule has 0 saturated carbocycles. The van der Waals surface area contributed by atoms with Crippen LogP contribution in [-0.4, -0.2) is 23.4 Å². The van der Waals surface area contributed by atoms with E-state index in [4.69, 9.17) is 4.42 Å². The van der Waals surface area contributed by atoms with Crippen LogP contribution in [0.1, 0.15) is 55.0 Å². The SMILES string of the molecule is CCc1ccc(CNc2ccc(C(=O)N3CCCC[C@@H]3C)cc2)o1. The monoisotopic (exact) mass is 326 g/mol. The molecule has 2 heterocycles. The van der Waals surface area contributed by atoms with Gasteiger partial charge in [-0.2, -0.15) is 0 Å². The molecule has 1 fully saturated rings. The second-order valence-electron chi connectivity index (χ2n) is 6.50. The van der Waals surface area contributed by atoms with Crippen molar-refractivity contribution in [3.8, 4) is 0 Å². The lowest BCUT2D eigenvalue weighted by Crippen LogP contribution is -2.41. The molecule has 0 radical (unpaired) electrons. The number of hydrogen-bond donors (Lipinski definition) is 1. The molecule has 24 heavy (non-hydrogen) atoms. The quantitative estimate of drug-likeness (QED) is 0.882. The molecule has 0 aliphatic carbocycles. The van der Waals surface area contributed by atoms with Crippen LogP contribution in [0.2, 0.25) is 0 Å². The first kappa shape index (κ1) is 16.6. The summed E-state index contributed by atoms with van der Waals surface area (Å²) in [6.07, 6.45) is 4.35. The number of nitrogens with zero attached hydrogens (tertiary/aromatic N) is 1. The van der Waals surface area contributed by atoms with Gasteiger partial charge < -0.3 is 14.6 Å². The Kier molecular flexibility index (Phi) is 5.24. The topological polar surface area (TPSA) is 45.5 Å². The summed E-state index contributed by atoms with van der Waals surface area (Å²) in [6, 6.07) is 12.1. The lowest BCUT2D eigenvalue weighted by molar-refractivity contribution is 0.0635. The Morgan fingerprint density at radius 2 is 1.92 bits per heavy atom. The second kappa shape index (κ2) is 7.56. The first-order valence-electron chi connectivity index (χ1n) is 8.90. The van der Waals surface area contributed by atoms with E-state index in [1.54, 1.807) is 0 Å². The van der Waals surface area contributed by atoms with Crippen molar-refractivity contribution in [2.75, 3.05) is 11.9 Å². The number of nitrogens with one attached hydrogen (secondary N) is 1. The zero-order valence-electron chi connectivity index (χ0n) is 14.5. The van der Waals surface area contributed by atoms with Crippen molar-refractivity contribution in [3.63, 3.8) is 0 Å². The number of rotatable bonds is 5. The Hall–Kier alpha value is -2.23. The average Bonchev–Trinajstić information content (AvgIpc) is 3.08. The predicted octanol–water partition coefficient (Wildman–Crippen LogP) is 4.47. The standard InChI is InChI=1S/C20H26N2O2/c1-3-18-11-12-19(24-18)14-21-17-9-7-16(8-10-17)20(23)22-13-5-4-6-15(22)2/h7-12,15,21H,3-6,13-14H2,1-2H3/t15-/m0/s1. The third-order valence-corrected chi connectivity index (χ3v) is 4.73. The van der Waals surface area contributed by atoms with Gasteiger partial charge in [-0.1, -0.05) is 6.92 Å². The molecule has 4 heteroatoms. The first-order chi connectivity index (χ1) is 11.7. The summed E-state index contributed by atoms with van der Waals surface area (Å²) in [5, 5.41) is 3.33. The van der Waals surface area contributed by atoms with Crippen LogP contribution in [0.3, 0.4) is 0 Å². The number of benzene rings is 1. The van der Waals surface area contributed by atoms with Gasteiger partial charge in [0.15, 0.2) is 0 Å². The van der Waals surface area contributed by atoms with E-state index in [9.17, 15) is 4.79 Å².